The summed E-state index contributed by atoms with van der Waals surface area (Å²) in [6.45, 7) is 2.26. The molecule has 2 nitrogen and oxygen atoms in total. The molecule has 0 aliphatic carbocycles. The van der Waals surface area contributed by atoms with Gasteiger partial charge >= 0.3 is 0 Å². The van der Waals surface area contributed by atoms with E-state index in [9.17, 15) is 0 Å². The average molecular weight is 224 g/mol. The molecule has 0 saturated heterocycles. The van der Waals surface area contributed by atoms with Crippen LogP contribution >= 0.6 is 0 Å². The molecule has 0 aliphatic rings. The molecular formula is C14H28N2. The number of terminal acetylenes is 1. The number of hydrazine groups is 1. The number of nitrogens with two attached hydrogens (primary N) is 1. The molecule has 3 N–H and O–H groups in total. The molecule has 0 heterocycles. The Morgan fingerprint density at radius 1 is 1.00 bits per heavy atom. The highest BCUT2D eigenvalue weighted by Gasteiger charge is 2.00. The van der Waals surface area contributed by atoms with Crippen molar-refractivity contribution in [3.05, 3.63) is 0 Å². The molecule has 0 spiro atoms. The average Bonchev–Trinajstić information content (AvgIpc) is 2.32. The SMILES string of the molecule is C#CC(CCCCCCCCCCC)NN. The van der Waals surface area contributed by atoms with Gasteiger partial charge in [0.15, 0.2) is 0 Å². The second-order valence-corrected chi connectivity index (χ2v) is 4.50. The van der Waals surface area contributed by atoms with Crippen molar-refractivity contribution in [3.63, 3.8) is 0 Å². The molecule has 2 heteroatoms. The summed E-state index contributed by atoms with van der Waals surface area (Å²) in [5.41, 5.74) is 2.64. The van der Waals surface area contributed by atoms with E-state index in [2.05, 4.69) is 18.3 Å². The molecule has 94 valence electrons. The third kappa shape index (κ3) is 10.0. The summed E-state index contributed by atoms with van der Waals surface area (Å²) in [4.78, 5) is 0. The minimum atomic E-state index is 0.0598. The Morgan fingerprint density at radius 2 is 1.50 bits per heavy atom. The molecule has 0 radical (unpaired) electrons. The van der Waals surface area contributed by atoms with Crippen LogP contribution in [-0.2, 0) is 0 Å². The van der Waals surface area contributed by atoms with Crippen LogP contribution in [0.4, 0.5) is 0 Å². The van der Waals surface area contributed by atoms with Gasteiger partial charge in [-0.15, -0.1) is 6.42 Å². The van der Waals surface area contributed by atoms with Crippen molar-refractivity contribution >= 4 is 0 Å². The summed E-state index contributed by atoms with van der Waals surface area (Å²) in [6, 6.07) is 0.0598. The maximum absolute atomic E-state index is 5.30. The molecule has 16 heavy (non-hydrogen) atoms. The first-order valence-corrected chi connectivity index (χ1v) is 6.77. The van der Waals surface area contributed by atoms with Gasteiger partial charge in [0.1, 0.15) is 0 Å². The highest BCUT2D eigenvalue weighted by atomic mass is 15.2. The monoisotopic (exact) mass is 224 g/mol. The minimum Gasteiger partial charge on any atom is -0.270 e. The standard InChI is InChI=1S/C14H28N2/c1-3-5-6-7-8-9-10-11-12-13-14(4-2)16-15/h2,14,16H,3,5-13,15H2,1H3. The molecule has 0 aromatic heterocycles. The second kappa shape index (κ2) is 12.5. The summed E-state index contributed by atoms with van der Waals surface area (Å²) in [5.74, 6) is 7.94. The Labute approximate surface area is 101 Å². The maximum Gasteiger partial charge on any atom is 0.0814 e. The third-order valence-corrected chi connectivity index (χ3v) is 3.00. The molecular weight excluding hydrogens is 196 g/mol. The van der Waals surface area contributed by atoms with E-state index in [-0.39, 0.29) is 6.04 Å². The van der Waals surface area contributed by atoms with Crippen molar-refractivity contribution in [2.45, 2.75) is 77.2 Å². The Kier molecular flexibility index (Phi) is 12.1. The van der Waals surface area contributed by atoms with E-state index >= 15 is 0 Å². The van der Waals surface area contributed by atoms with Gasteiger partial charge in [-0.25, -0.2) is 5.43 Å². The van der Waals surface area contributed by atoms with E-state index in [4.69, 9.17) is 12.3 Å². The molecule has 0 bridgehead atoms. The third-order valence-electron chi connectivity index (χ3n) is 3.00. The van der Waals surface area contributed by atoms with E-state index in [1.54, 1.807) is 0 Å². The Balaban J connectivity index is 3.07. The van der Waals surface area contributed by atoms with Gasteiger partial charge in [0.2, 0.25) is 0 Å². The molecule has 0 fully saturated rings. The smallest absolute Gasteiger partial charge is 0.0814 e. The van der Waals surface area contributed by atoms with Crippen LogP contribution in [-0.4, -0.2) is 6.04 Å². The molecule has 0 saturated carbocycles. The predicted octanol–water partition coefficient (Wildman–Crippen LogP) is 3.37. The van der Waals surface area contributed by atoms with Crippen LogP contribution < -0.4 is 11.3 Å². The van der Waals surface area contributed by atoms with Gasteiger partial charge in [0, 0.05) is 0 Å². The lowest BCUT2D eigenvalue weighted by Gasteiger charge is -2.08. The summed E-state index contributed by atoms with van der Waals surface area (Å²) in [5, 5.41) is 0. The van der Waals surface area contributed by atoms with E-state index in [0.29, 0.717) is 0 Å². The first-order valence-electron chi connectivity index (χ1n) is 6.77. The van der Waals surface area contributed by atoms with E-state index in [1.165, 1.54) is 57.8 Å². The maximum atomic E-state index is 5.30. The summed E-state index contributed by atoms with van der Waals surface area (Å²) in [6.07, 6.45) is 18.4. The van der Waals surface area contributed by atoms with Crippen LogP contribution in [0, 0.1) is 12.3 Å². The van der Waals surface area contributed by atoms with Crippen LogP contribution in [0.15, 0.2) is 0 Å². The second-order valence-electron chi connectivity index (χ2n) is 4.50. The van der Waals surface area contributed by atoms with Gasteiger partial charge < -0.3 is 0 Å². The Bertz CT molecular complexity index is 172. The fourth-order valence-electron chi connectivity index (χ4n) is 1.87. The van der Waals surface area contributed by atoms with E-state index < -0.39 is 0 Å². The first-order chi connectivity index (χ1) is 7.85. The Hall–Kier alpha value is -0.520. The highest BCUT2D eigenvalue weighted by molar-refractivity contribution is 4.97. The number of nitrogens with one attached hydrogen (secondary N) is 1. The molecule has 0 amide bonds. The zero-order valence-electron chi connectivity index (χ0n) is 10.8. The zero-order valence-corrected chi connectivity index (χ0v) is 10.8. The first kappa shape index (κ1) is 15.5. The van der Waals surface area contributed by atoms with E-state index in [1.807, 2.05) is 0 Å². The van der Waals surface area contributed by atoms with Gasteiger partial charge in [-0.3, -0.25) is 5.84 Å². The van der Waals surface area contributed by atoms with Crippen LogP contribution in [0.2, 0.25) is 0 Å². The lowest BCUT2D eigenvalue weighted by molar-refractivity contribution is 0.519. The van der Waals surface area contributed by atoms with Crippen LogP contribution in [0.1, 0.15) is 71.1 Å². The van der Waals surface area contributed by atoms with Crippen molar-refractivity contribution in [2.75, 3.05) is 0 Å². The highest BCUT2D eigenvalue weighted by Crippen LogP contribution is 2.10. The molecule has 1 unspecified atom stereocenters. The van der Waals surface area contributed by atoms with Gasteiger partial charge in [0.05, 0.1) is 6.04 Å². The predicted molar refractivity (Wildman–Crippen MR) is 71.8 cm³/mol. The van der Waals surface area contributed by atoms with Crippen molar-refractivity contribution in [1.29, 1.82) is 0 Å². The Morgan fingerprint density at radius 3 is 1.94 bits per heavy atom. The van der Waals surface area contributed by atoms with Gasteiger partial charge in [-0.2, -0.15) is 0 Å². The van der Waals surface area contributed by atoms with Crippen molar-refractivity contribution in [3.8, 4) is 12.3 Å². The number of hydrogen-bond acceptors (Lipinski definition) is 2. The molecule has 0 aliphatic heterocycles. The minimum absolute atomic E-state index is 0.0598. The molecule has 0 rings (SSSR count). The van der Waals surface area contributed by atoms with Gasteiger partial charge in [0.25, 0.3) is 0 Å². The number of unbranched alkanes of at least 4 members (excludes halogenated alkanes) is 8. The van der Waals surface area contributed by atoms with Crippen molar-refractivity contribution in [2.24, 2.45) is 5.84 Å². The molecule has 0 aromatic carbocycles. The number of hydrogen-bond donors (Lipinski definition) is 2. The lowest BCUT2D eigenvalue weighted by Crippen LogP contribution is -2.33. The van der Waals surface area contributed by atoms with Crippen molar-refractivity contribution < 1.29 is 0 Å². The number of rotatable bonds is 11. The fourth-order valence-corrected chi connectivity index (χ4v) is 1.87. The van der Waals surface area contributed by atoms with Crippen LogP contribution in [0.25, 0.3) is 0 Å². The van der Waals surface area contributed by atoms with Gasteiger partial charge in [-0.05, 0) is 6.42 Å². The van der Waals surface area contributed by atoms with Gasteiger partial charge in [-0.1, -0.05) is 70.6 Å². The van der Waals surface area contributed by atoms with Crippen LogP contribution in [0.5, 0.6) is 0 Å². The summed E-state index contributed by atoms with van der Waals surface area (Å²) in [7, 11) is 0. The largest absolute Gasteiger partial charge is 0.270 e. The zero-order chi connectivity index (χ0) is 12.1. The summed E-state index contributed by atoms with van der Waals surface area (Å²) < 4.78 is 0. The topological polar surface area (TPSA) is 38.0 Å². The fraction of sp³-hybridized carbons (Fsp3) is 0.857. The van der Waals surface area contributed by atoms with Crippen molar-refractivity contribution in [1.82, 2.24) is 5.43 Å². The quantitative estimate of drug-likeness (QED) is 0.244. The van der Waals surface area contributed by atoms with Crippen LogP contribution in [0.3, 0.4) is 0 Å². The lowest BCUT2D eigenvalue weighted by atomic mass is 10.0. The normalized spacial score (nSPS) is 12.3. The molecule has 1 atom stereocenters. The molecule has 0 aromatic rings. The summed E-state index contributed by atoms with van der Waals surface area (Å²) >= 11 is 0. The van der Waals surface area contributed by atoms with E-state index in [0.717, 1.165) is 6.42 Å².